The van der Waals surface area contributed by atoms with Crippen molar-refractivity contribution in [3.05, 3.63) is 47.5 Å². The van der Waals surface area contributed by atoms with Crippen LogP contribution < -0.4 is 0 Å². The van der Waals surface area contributed by atoms with Crippen LogP contribution in [0.4, 0.5) is 0 Å². The summed E-state index contributed by atoms with van der Waals surface area (Å²) >= 11 is 0. The number of rotatable bonds is 4. The van der Waals surface area contributed by atoms with E-state index in [1.54, 1.807) is 6.33 Å². The number of likely N-dealkylation sites (tertiary alicyclic amines) is 2. The Balaban J connectivity index is 1.51. The number of nitrogens with zero attached hydrogens (tertiary/aromatic N) is 5. The number of hydrogen-bond donors (Lipinski definition) is 0. The minimum atomic E-state index is -0.132. The molecule has 0 saturated carbocycles. The third-order valence-electron chi connectivity index (χ3n) is 6.48. The van der Waals surface area contributed by atoms with Gasteiger partial charge in [0.15, 0.2) is 0 Å². The van der Waals surface area contributed by atoms with Gasteiger partial charge in [-0.05, 0) is 18.1 Å². The lowest BCUT2D eigenvalue weighted by Crippen LogP contribution is -2.62. The summed E-state index contributed by atoms with van der Waals surface area (Å²) < 4.78 is 1.94. The molecular formula is C22H29N5O2. The molecule has 1 unspecified atom stereocenters. The van der Waals surface area contributed by atoms with E-state index in [0.717, 1.165) is 17.0 Å². The van der Waals surface area contributed by atoms with Crippen molar-refractivity contribution >= 4 is 11.8 Å². The van der Waals surface area contributed by atoms with Gasteiger partial charge in [0.25, 0.3) is 0 Å². The highest BCUT2D eigenvalue weighted by Gasteiger charge is 2.58. The second-order valence-corrected chi connectivity index (χ2v) is 8.94. The topological polar surface area (TPSA) is 71.3 Å². The van der Waals surface area contributed by atoms with Gasteiger partial charge < -0.3 is 14.4 Å². The van der Waals surface area contributed by atoms with E-state index in [4.69, 9.17) is 0 Å². The quantitative estimate of drug-likeness (QED) is 0.791. The Labute approximate surface area is 171 Å². The van der Waals surface area contributed by atoms with Crippen LogP contribution in [0.25, 0.3) is 0 Å². The molecule has 3 heterocycles. The highest BCUT2D eigenvalue weighted by atomic mass is 16.2. The summed E-state index contributed by atoms with van der Waals surface area (Å²) in [6.07, 6.45) is 2.13. The molecule has 2 amide bonds. The van der Waals surface area contributed by atoms with Gasteiger partial charge in [0.05, 0.1) is 6.42 Å². The molecule has 1 spiro atoms. The molecule has 1 aromatic carbocycles. The molecule has 0 aliphatic carbocycles. The summed E-state index contributed by atoms with van der Waals surface area (Å²) in [5.41, 5.74) is 2.08. The highest BCUT2D eigenvalue weighted by Crippen LogP contribution is 2.49. The fourth-order valence-corrected chi connectivity index (χ4v) is 4.76. The lowest BCUT2D eigenvalue weighted by atomic mass is 9.71. The molecule has 2 aliphatic heterocycles. The highest BCUT2D eigenvalue weighted by molar-refractivity contribution is 5.81. The lowest BCUT2D eigenvalue weighted by Gasteiger charge is -2.50. The van der Waals surface area contributed by atoms with Crippen molar-refractivity contribution in [1.82, 2.24) is 24.6 Å². The molecule has 0 N–H and O–H groups in total. The van der Waals surface area contributed by atoms with Gasteiger partial charge in [0.2, 0.25) is 11.8 Å². The predicted octanol–water partition coefficient (Wildman–Crippen LogP) is 1.78. The average Bonchev–Trinajstić information content (AvgIpc) is 3.25. The van der Waals surface area contributed by atoms with Crippen LogP contribution in [0, 0.1) is 18.3 Å². The first-order valence-corrected chi connectivity index (χ1v) is 10.3. The second-order valence-electron chi connectivity index (χ2n) is 8.94. The smallest absolute Gasteiger partial charge is 0.227 e. The Kier molecular flexibility index (Phi) is 4.92. The zero-order chi connectivity index (χ0) is 20.8. The van der Waals surface area contributed by atoms with Gasteiger partial charge in [-0.15, -0.1) is 10.2 Å². The van der Waals surface area contributed by atoms with Crippen molar-refractivity contribution in [1.29, 1.82) is 0 Å². The number of amides is 2. The summed E-state index contributed by atoms with van der Waals surface area (Å²) in [5.74, 6) is 1.27. The van der Waals surface area contributed by atoms with E-state index in [2.05, 4.69) is 10.2 Å². The normalized spacial score (nSPS) is 20.4. The first-order valence-electron chi connectivity index (χ1n) is 10.3. The Morgan fingerprint density at radius 1 is 1.17 bits per heavy atom. The standard InChI is InChI=1S/C22H29N5O2/c1-15(2)21(29)26-10-18(20-24-23-14-25(20)4)22(11-26)12-27(13-22)19(28)9-17-8-6-5-7-16(17)3/h5-8,14-15,18H,9-13H2,1-4H3. The minimum absolute atomic E-state index is 0.0378. The van der Waals surface area contributed by atoms with Crippen LogP contribution in [0.15, 0.2) is 30.6 Å². The zero-order valence-electron chi connectivity index (χ0n) is 17.6. The van der Waals surface area contributed by atoms with Crippen molar-refractivity contribution in [3.8, 4) is 0 Å². The van der Waals surface area contributed by atoms with Crippen LogP contribution in [0.2, 0.25) is 0 Å². The Morgan fingerprint density at radius 2 is 1.86 bits per heavy atom. The van der Waals surface area contributed by atoms with Gasteiger partial charge in [-0.2, -0.15) is 0 Å². The summed E-state index contributed by atoms with van der Waals surface area (Å²) in [6.45, 7) is 8.55. The molecule has 4 rings (SSSR count). The van der Waals surface area contributed by atoms with Crippen LogP contribution in [0.1, 0.15) is 36.7 Å². The summed E-state index contributed by atoms with van der Waals surface area (Å²) in [5, 5.41) is 8.38. The monoisotopic (exact) mass is 395 g/mol. The number of hydrogen-bond acceptors (Lipinski definition) is 4. The van der Waals surface area contributed by atoms with E-state index < -0.39 is 0 Å². The SMILES string of the molecule is Cc1ccccc1CC(=O)N1CC2(C1)CN(C(=O)C(C)C)CC2c1nncn1C. The van der Waals surface area contributed by atoms with E-state index >= 15 is 0 Å². The van der Waals surface area contributed by atoms with Gasteiger partial charge in [-0.25, -0.2) is 0 Å². The van der Waals surface area contributed by atoms with E-state index in [0.29, 0.717) is 32.6 Å². The maximum absolute atomic E-state index is 12.9. The Hall–Kier alpha value is -2.70. The summed E-state index contributed by atoms with van der Waals surface area (Å²) in [4.78, 5) is 29.4. The maximum Gasteiger partial charge on any atom is 0.227 e. The van der Waals surface area contributed by atoms with Crippen molar-refractivity contribution in [2.75, 3.05) is 26.2 Å². The number of aromatic nitrogens is 3. The predicted molar refractivity (Wildman–Crippen MR) is 109 cm³/mol. The molecule has 7 nitrogen and oxygen atoms in total. The number of benzene rings is 1. The van der Waals surface area contributed by atoms with E-state index in [-0.39, 0.29) is 29.1 Å². The molecule has 2 fully saturated rings. The summed E-state index contributed by atoms with van der Waals surface area (Å²) in [6, 6.07) is 8.02. The van der Waals surface area contributed by atoms with Crippen molar-refractivity contribution in [2.24, 2.45) is 18.4 Å². The number of carbonyl (C=O) groups is 2. The van der Waals surface area contributed by atoms with Crippen molar-refractivity contribution < 1.29 is 9.59 Å². The Morgan fingerprint density at radius 3 is 2.48 bits per heavy atom. The molecule has 0 radical (unpaired) electrons. The first-order chi connectivity index (χ1) is 13.8. The van der Waals surface area contributed by atoms with Gasteiger partial charge in [0, 0.05) is 50.5 Å². The molecule has 1 atom stereocenters. The van der Waals surface area contributed by atoms with Gasteiger partial charge in [-0.1, -0.05) is 38.1 Å². The largest absolute Gasteiger partial charge is 0.341 e. The first kappa shape index (κ1) is 19.6. The van der Waals surface area contributed by atoms with Gasteiger partial charge in [0.1, 0.15) is 12.2 Å². The molecule has 154 valence electrons. The molecule has 29 heavy (non-hydrogen) atoms. The van der Waals surface area contributed by atoms with E-state index in [1.165, 1.54) is 0 Å². The average molecular weight is 396 g/mol. The fourth-order valence-electron chi connectivity index (χ4n) is 4.76. The van der Waals surface area contributed by atoms with Crippen LogP contribution in [-0.4, -0.2) is 62.6 Å². The molecule has 1 aromatic heterocycles. The third kappa shape index (κ3) is 3.43. The maximum atomic E-state index is 12.9. The van der Waals surface area contributed by atoms with Crippen molar-refractivity contribution in [2.45, 2.75) is 33.1 Å². The molecule has 2 aliphatic rings. The van der Waals surface area contributed by atoms with Gasteiger partial charge in [-0.3, -0.25) is 9.59 Å². The molecule has 7 heteroatoms. The zero-order valence-corrected chi connectivity index (χ0v) is 17.6. The minimum Gasteiger partial charge on any atom is -0.341 e. The van der Waals surface area contributed by atoms with Crippen LogP contribution >= 0.6 is 0 Å². The Bertz CT molecular complexity index is 929. The fraction of sp³-hybridized carbons (Fsp3) is 0.545. The van der Waals surface area contributed by atoms with E-state index in [9.17, 15) is 9.59 Å². The number of carbonyl (C=O) groups excluding carboxylic acids is 2. The second kappa shape index (κ2) is 7.28. The number of aryl methyl sites for hydroxylation is 2. The third-order valence-corrected chi connectivity index (χ3v) is 6.48. The molecule has 2 saturated heterocycles. The van der Waals surface area contributed by atoms with Crippen LogP contribution in [0.5, 0.6) is 0 Å². The van der Waals surface area contributed by atoms with Gasteiger partial charge >= 0.3 is 0 Å². The lowest BCUT2D eigenvalue weighted by molar-refractivity contribution is -0.143. The van der Waals surface area contributed by atoms with Crippen LogP contribution in [-0.2, 0) is 23.1 Å². The molecule has 2 aromatic rings. The van der Waals surface area contributed by atoms with E-state index in [1.807, 2.05) is 66.5 Å². The summed E-state index contributed by atoms with van der Waals surface area (Å²) in [7, 11) is 1.94. The molecular weight excluding hydrogens is 366 g/mol. The van der Waals surface area contributed by atoms with Crippen LogP contribution in [0.3, 0.4) is 0 Å². The molecule has 0 bridgehead atoms. The van der Waals surface area contributed by atoms with Crippen molar-refractivity contribution in [3.63, 3.8) is 0 Å².